The molecule has 0 N–H and O–H groups in total. The second-order valence-corrected chi connectivity index (χ2v) is 3.75. The Labute approximate surface area is 124 Å². The van der Waals surface area contributed by atoms with Crippen molar-refractivity contribution in [2.45, 2.75) is 59.5 Å². The van der Waals surface area contributed by atoms with Gasteiger partial charge in [-0.25, -0.2) is 0 Å². The smallest absolute Gasteiger partial charge is 1.00 e. The van der Waals surface area contributed by atoms with Crippen LogP contribution in [0, 0.1) is 5.92 Å². The summed E-state index contributed by atoms with van der Waals surface area (Å²) in [5.41, 5.74) is 0. The van der Waals surface area contributed by atoms with Gasteiger partial charge in [-0.05, 0) is 25.7 Å². The fraction of sp³-hybridized carbons (Fsp3) is 1.00. The van der Waals surface area contributed by atoms with Crippen molar-refractivity contribution in [3.8, 4) is 0 Å². The second-order valence-electron chi connectivity index (χ2n) is 3.75. The number of rotatable bonds is 2. The molecule has 1 saturated heterocycles. The molecule has 0 aromatic carbocycles. The first-order valence-corrected chi connectivity index (χ1v) is 5.32. The third-order valence-electron chi connectivity index (χ3n) is 2.55. The molecule has 1 nitrogen and oxygen atoms in total. The van der Waals surface area contributed by atoms with E-state index in [-0.39, 0.29) is 47.9 Å². The Hall–Kier alpha value is 1.31. The quantitative estimate of drug-likeness (QED) is 0.493. The molecule has 0 aromatic rings. The molecule has 0 radical (unpaired) electrons. The molecule has 1 aliphatic heterocycles. The van der Waals surface area contributed by atoms with E-state index in [1.807, 2.05) is 0 Å². The Kier molecular flexibility index (Phi) is 29.8. The van der Waals surface area contributed by atoms with Crippen LogP contribution in [0.2, 0.25) is 0 Å². The largest absolute Gasteiger partial charge is 2.00 e. The van der Waals surface area contributed by atoms with Gasteiger partial charge in [0.25, 0.3) is 0 Å². The van der Waals surface area contributed by atoms with Gasteiger partial charge in [-0.3, -0.25) is 0 Å². The number of halogens is 2. The van der Waals surface area contributed by atoms with Crippen LogP contribution in [-0.2, 0) is 4.74 Å². The number of hydrogen-bond donors (Lipinski definition) is 0. The van der Waals surface area contributed by atoms with E-state index in [4.69, 9.17) is 4.74 Å². The van der Waals surface area contributed by atoms with Crippen molar-refractivity contribution >= 4 is 23.1 Å². The zero-order valence-electron chi connectivity index (χ0n) is 10.6. The van der Waals surface area contributed by atoms with E-state index in [0.717, 1.165) is 12.5 Å². The predicted molar refractivity (Wildman–Crippen MR) is 60.1 cm³/mol. The minimum absolute atomic E-state index is 0. The Morgan fingerprint density at radius 1 is 1.20 bits per heavy atom. The zero-order chi connectivity index (χ0) is 9.40. The van der Waals surface area contributed by atoms with Crippen LogP contribution < -0.4 is 24.8 Å². The average Bonchev–Trinajstić information content (AvgIpc) is 2.55. The normalized spacial score (nSPS) is 17.8. The Bertz CT molecular complexity index is 94.6. The Balaban J connectivity index is -0.0000000672. The van der Waals surface area contributed by atoms with E-state index in [1.54, 1.807) is 0 Å². The van der Waals surface area contributed by atoms with Gasteiger partial charge in [-0.15, -0.1) is 0 Å². The molecule has 4 heteroatoms. The summed E-state index contributed by atoms with van der Waals surface area (Å²) in [4.78, 5) is 0. The molecule has 0 spiro atoms. The molecule has 1 rings (SSSR count). The molecule has 15 heavy (non-hydrogen) atoms. The molecule has 90 valence electrons. The first-order chi connectivity index (χ1) is 5.70. The molecule has 0 saturated carbocycles. The minimum Gasteiger partial charge on any atom is -1.00 e. The van der Waals surface area contributed by atoms with E-state index >= 15 is 0 Å². The molecule has 0 bridgehead atoms. The van der Waals surface area contributed by atoms with Crippen LogP contribution in [0.1, 0.15) is 53.4 Å². The van der Waals surface area contributed by atoms with Crippen LogP contribution >= 0.6 is 0 Å². The maximum absolute atomic E-state index is 5.15. The summed E-state index contributed by atoms with van der Waals surface area (Å²) in [6.07, 6.45) is 5.73. The predicted octanol–water partition coefficient (Wildman–Crippen LogP) is -2.74. The first-order valence-electron chi connectivity index (χ1n) is 5.32. The van der Waals surface area contributed by atoms with Crippen molar-refractivity contribution in [1.29, 1.82) is 0 Å². The summed E-state index contributed by atoms with van der Waals surface area (Å²) < 4.78 is 5.15. The molecular formula is C11H24Cl2MgO. The topological polar surface area (TPSA) is 9.23 Å². The maximum atomic E-state index is 5.15. The van der Waals surface area contributed by atoms with Crippen molar-refractivity contribution in [1.82, 2.24) is 0 Å². The van der Waals surface area contributed by atoms with E-state index in [9.17, 15) is 0 Å². The van der Waals surface area contributed by atoms with Crippen LogP contribution in [0.15, 0.2) is 0 Å². The number of ether oxygens (including phenoxy) is 1. The van der Waals surface area contributed by atoms with Gasteiger partial charge in [0.2, 0.25) is 0 Å². The van der Waals surface area contributed by atoms with Gasteiger partial charge in [-0.2, -0.15) is 0 Å². The molecule has 0 aliphatic carbocycles. The molecule has 1 atom stereocenters. The van der Waals surface area contributed by atoms with Crippen LogP contribution in [0.3, 0.4) is 0 Å². The SMILES string of the molecule is CC1CCCO1.CCC(C)CC.[Cl-].[Cl-].[Mg+2]. The van der Waals surface area contributed by atoms with Gasteiger partial charge in [0.05, 0.1) is 6.10 Å². The average molecular weight is 268 g/mol. The Morgan fingerprint density at radius 2 is 1.67 bits per heavy atom. The summed E-state index contributed by atoms with van der Waals surface area (Å²) in [5.74, 6) is 0.935. The zero-order valence-corrected chi connectivity index (χ0v) is 13.5. The fourth-order valence-electron chi connectivity index (χ4n) is 1.03. The van der Waals surface area contributed by atoms with Gasteiger partial charge in [0, 0.05) is 6.61 Å². The summed E-state index contributed by atoms with van der Waals surface area (Å²) in [6.45, 7) is 9.84. The summed E-state index contributed by atoms with van der Waals surface area (Å²) in [6, 6.07) is 0. The molecule has 1 aliphatic rings. The van der Waals surface area contributed by atoms with E-state index in [2.05, 4.69) is 27.7 Å². The molecule has 0 aromatic heterocycles. The minimum atomic E-state index is 0. The van der Waals surface area contributed by atoms with Crippen molar-refractivity contribution in [3.05, 3.63) is 0 Å². The van der Waals surface area contributed by atoms with E-state index in [0.29, 0.717) is 6.10 Å². The van der Waals surface area contributed by atoms with Crippen molar-refractivity contribution in [3.63, 3.8) is 0 Å². The fourth-order valence-corrected chi connectivity index (χ4v) is 1.03. The van der Waals surface area contributed by atoms with Crippen molar-refractivity contribution in [2.24, 2.45) is 5.92 Å². The van der Waals surface area contributed by atoms with E-state index in [1.165, 1.54) is 25.7 Å². The van der Waals surface area contributed by atoms with Gasteiger partial charge >= 0.3 is 23.1 Å². The second kappa shape index (κ2) is 17.7. The third kappa shape index (κ3) is 17.9. The van der Waals surface area contributed by atoms with Crippen molar-refractivity contribution in [2.75, 3.05) is 6.61 Å². The first kappa shape index (κ1) is 25.2. The van der Waals surface area contributed by atoms with Gasteiger partial charge in [-0.1, -0.05) is 33.6 Å². The van der Waals surface area contributed by atoms with E-state index < -0.39 is 0 Å². The van der Waals surface area contributed by atoms with Crippen LogP contribution in [0.25, 0.3) is 0 Å². The van der Waals surface area contributed by atoms with Gasteiger partial charge in [0.15, 0.2) is 0 Å². The summed E-state index contributed by atoms with van der Waals surface area (Å²) in [5, 5.41) is 0. The Morgan fingerprint density at radius 3 is 1.73 bits per heavy atom. The summed E-state index contributed by atoms with van der Waals surface area (Å²) in [7, 11) is 0. The third-order valence-corrected chi connectivity index (χ3v) is 2.55. The molecule has 1 fully saturated rings. The van der Waals surface area contributed by atoms with Gasteiger partial charge < -0.3 is 29.6 Å². The maximum Gasteiger partial charge on any atom is 2.00 e. The molecule has 1 heterocycles. The van der Waals surface area contributed by atoms with Crippen molar-refractivity contribution < 1.29 is 29.6 Å². The molecular weight excluding hydrogens is 243 g/mol. The van der Waals surface area contributed by atoms with Gasteiger partial charge in [0.1, 0.15) is 0 Å². The molecule has 0 amide bonds. The standard InChI is InChI=1S/C6H14.C5H10O.2ClH.Mg/c1-4-6(3)5-2;1-5-3-2-4-6-5;;;/h6H,4-5H2,1-3H3;5H,2-4H2,1H3;2*1H;/q;;;;+2/p-2. The van der Waals surface area contributed by atoms with Crippen LogP contribution in [0.4, 0.5) is 0 Å². The molecule has 1 unspecified atom stereocenters. The summed E-state index contributed by atoms with van der Waals surface area (Å²) >= 11 is 0. The van der Waals surface area contributed by atoms with Crippen LogP contribution in [-0.4, -0.2) is 35.8 Å². The monoisotopic (exact) mass is 266 g/mol. The van der Waals surface area contributed by atoms with Crippen LogP contribution in [0.5, 0.6) is 0 Å². The number of hydrogen-bond acceptors (Lipinski definition) is 1.